The Bertz CT molecular complexity index is 461. The molecule has 0 fully saturated rings. The van der Waals surface area contributed by atoms with Crippen molar-refractivity contribution in [2.24, 2.45) is 0 Å². The van der Waals surface area contributed by atoms with Crippen LogP contribution in [0.5, 0.6) is 0 Å². The molecule has 1 unspecified atom stereocenters. The minimum atomic E-state index is -2.23. The molecular formula is C12H12FNO2. The molecule has 0 N–H and O–H groups in total. The molecule has 1 aromatic rings. The smallest absolute Gasteiger partial charge is 0.348 e. The van der Waals surface area contributed by atoms with Crippen LogP contribution < -0.4 is 0 Å². The lowest BCUT2D eigenvalue weighted by Crippen LogP contribution is -2.29. The van der Waals surface area contributed by atoms with Crippen LogP contribution in [-0.2, 0) is 15.2 Å². The number of hydrogen-bond donors (Lipinski definition) is 0. The van der Waals surface area contributed by atoms with Gasteiger partial charge in [0.2, 0.25) is 5.67 Å². The number of carbonyl (C=O) groups excluding carboxylic acids is 1. The largest absolute Gasteiger partial charge is 0.466 e. The van der Waals surface area contributed by atoms with Gasteiger partial charge in [-0.15, -0.1) is 0 Å². The maximum Gasteiger partial charge on any atom is 0.348 e. The van der Waals surface area contributed by atoms with Crippen molar-refractivity contribution in [3.8, 4) is 6.07 Å². The van der Waals surface area contributed by atoms with Crippen LogP contribution in [0.15, 0.2) is 18.2 Å². The number of benzene rings is 1. The molecule has 4 heteroatoms. The summed E-state index contributed by atoms with van der Waals surface area (Å²) in [6.07, 6.45) is 0. The van der Waals surface area contributed by atoms with Gasteiger partial charge in [0.15, 0.2) is 0 Å². The van der Waals surface area contributed by atoms with Crippen LogP contribution in [-0.4, -0.2) is 13.1 Å². The first kappa shape index (κ1) is 12.2. The fraction of sp³-hybridized carbons (Fsp3) is 0.333. The minimum Gasteiger partial charge on any atom is -0.466 e. The molecule has 1 rings (SSSR count). The van der Waals surface area contributed by atoms with Crippen LogP contribution in [0.4, 0.5) is 4.39 Å². The Morgan fingerprint density at radius 1 is 1.56 bits per heavy atom. The van der Waals surface area contributed by atoms with E-state index in [9.17, 15) is 9.18 Å². The maximum atomic E-state index is 14.2. The van der Waals surface area contributed by atoms with E-state index in [0.29, 0.717) is 11.1 Å². The summed E-state index contributed by atoms with van der Waals surface area (Å²) in [6, 6.07) is 6.54. The highest BCUT2D eigenvalue weighted by Crippen LogP contribution is 2.30. The minimum absolute atomic E-state index is 0.165. The Labute approximate surface area is 93.5 Å². The second kappa shape index (κ2) is 4.31. The fourth-order valence-electron chi connectivity index (χ4n) is 1.57. The lowest BCUT2D eigenvalue weighted by atomic mass is 9.91. The van der Waals surface area contributed by atoms with E-state index < -0.39 is 11.6 Å². The second-order valence-electron chi connectivity index (χ2n) is 3.58. The van der Waals surface area contributed by atoms with Crippen LogP contribution in [0.2, 0.25) is 0 Å². The number of methoxy groups -OCH3 is 1. The Morgan fingerprint density at radius 3 is 2.69 bits per heavy atom. The number of carbonyl (C=O) groups is 1. The average Bonchev–Trinajstić information content (AvgIpc) is 2.27. The molecule has 0 aliphatic heterocycles. The van der Waals surface area contributed by atoms with Crippen molar-refractivity contribution in [3.63, 3.8) is 0 Å². The molecule has 0 radical (unpaired) electrons. The molecule has 1 aromatic carbocycles. The van der Waals surface area contributed by atoms with Gasteiger partial charge in [0, 0.05) is 5.56 Å². The topological polar surface area (TPSA) is 50.1 Å². The number of halogens is 1. The Kier molecular flexibility index (Phi) is 3.28. The summed E-state index contributed by atoms with van der Waals surface area (Å²) in [4.78, 5) is 11.3. The Balaban J connectivity index is 3.35. The molecular weight excluding hydrogens is 209 g/mol. The van der Waals surface area contributed by atoms with E-state index >= 15 is 0 Å². The Morgan fingerprint density at radius 2 is 2.19 bits per heavy atom. The molecule has 0 amide bonds. The van der Waals surface area contributed by atoms with Crippen LogP contribution in [0.3, 0.4) is 0 Å². The van der Waals surface area contributed by atoms with Crippen LogP contribution in [0.25, 0.3) is 0 Å². The third-order valence-corrected chi connectivity index (χ3v) is 2.53. The van der Waals surface area contributed by atoms with Gasteiger partial charge < -0.3 is 4.74 Å². The number of esters is 1. The van der Waals surface area contributed by atoms with Gasteiger partial charge in [-0.2, -0.15) is 5.26 Å². The first-order valence-electron chi connectivity index (χ1n) is 4.72. The van der Waals surface area contributed by atoms with Gasteiger partial charge in [0.25, 0.3) is 0 Å². The second-order valence-corrected chi connectivity index (χ2v) is 3.58. The zero-order chi connectivity index (χ0) is 12.3. The summed E-state index contributed by atoms with van der Waals surface area (Å²) in [5.41, 5.74) is -1.25. The number of ether oxygens (including phenoxy) is 1. The van der Waals surface area contributed by atoms with E-state index in [1.807, 2.05) is 6.07 Å². The first-order chi connectivity index (χ1) is 7.45. The molecule has 0 aromatic heterocycles. The summed E-state index contributed by atoms with van der Waals surface area (Å²) in [5.74, 6) is -0.967. The van der Waals surface area contributed by atoms with Gasteiger partial charge >= 0.3 is 5.97 Å². The highest BCUT2D eigenvalue weighted by atomic mass is 19.1. The number of alkyl halides is 1. The van der Waals surface area contributed by atoms with Crippen molar-refractivity contribution >= 4 is 5.97 Å². The zero-order valence-corrected chi connectivity index (χ0v) is 9.37. The van der Waals surface area contributed by atoms with Crippen molar-refractivity contribution in [1.82, 2.24) is 0 Å². The molecule has 0 heterocycles. The lowest BCUT2D eigenvalue weighted by molar-refractivity contribution is -0.154. The number of hydrogen-bond acceptors (Lipinski definition) is 3. The molecule has 0 saturated heterocycles. The molecule has 1 atom stereocenters. The van der Waals surface area contributed by atoms with Crippen LogP contribution in [0.1, 0.15) is 23.6 Å². The highest BCUT2D eigenvalue weighted by molar-refractivity contribution is 5.81. The summed E-state index contributed by atoms with van der Waals surface area (Å²) in [6.45, 7) is 2.73. The van der Waals surface area contributed by atoms with Gasteiger partial charge in [-0.05, 0) is 25.5 Å². The average molecular weight is 221 g/mol. The third kappa shape index (κ3) is 1.89. The summed E-state index contributed by atoms with van der Waals surface area (Å²) < 4.78 is 18.6. The molecule has 0 aliphatic carbocycles. The van der Waals surface area contributed by atoms with Crippen molar-refractivity contribution < 1.29 is 13.9 Å². The number of rotatable bonds is 2. The molecule has 0 spiro atoms. The van der Waals surface area contributed by atoms with Crippen molar-refractivity contribution in [1.29, 1.82) is 5.26 Å². The summed E-state index contributed by atoms with van der Waals surface area (Å²) in [7, 11) is 1.13. The molecule has 3 nitrogen and oxygen atoms in total. The lowest BCUT2D eigenvalue weighted by Gasteiger charge is -2.20. The maximum absolute atomic E-state index is 14.2. The van der Waals surface area contributed by atoms with Crippen molar-refractivity contribution in [2.45, 2.75) is 19.5 Å². The number of nitrogens with zero attached hydrogens (tertiary/aromatic N) is 1. The molecule has 0 aliphatic rings. The van der Waals surface area contributed by atoms with E-state index in [1.165, 1.54) is 6.07 Å². The summed E-state index contributed by atoms with van der Waals surface area (Å²) in [5, 5.41) is 8.82. The third-order valence-electron chi connectivity index (χ3n) is 2.53. The highest BCUT2D eigenvalue weighted by Gasteiger charge is 2.38. The molecule has 16 heavy (non-hydrogen) atoms. The zero-order valence-electron chi connectivity index (χ0n) is 9.37. The predicted molar refractivity (Wildman–Crippen MR) is 56.4 cm³/mol. The Hall–Kier alpha value is -1.89. The van der Waals surface area contributed by atoms with E-state index in [0.717, 1.165) is 14.0 Å². The van der Waals surface area contributed by atoms with Gasteiger partial charge in [0.05, 0.1) is 18.7 Å². The van der Waals surface area contributed by atoms with E-state index in [1.54, 1.807) is 19.1 Å². The first-order valence-corrected chi connectivity index (χ1v) is 4.72. The van der Waals surface area contributed by atoms with Crippen LogP contribution in [0, 0.1) is 18.3 Å². The predicted octanol–water partition coefficient (Wildman–Crippen LogP) is 2.22. The summed E-state index contributed by atoms with van der Waals surface area (Å²) >= 11 is 0. The number of nitriles is 1. The van der Waals surface area contributed by atoms with Gasteiger partial charge in [-0.1, -0.05) is 12.1 Å². The van der Waals surface area contributed by atoms with Crippen molar-refractivity contribution in [3.05, 3.63) is 34.9 Å². The molecule has 0 bridgehead atoms. The quantitative estimate of drug-likeness (QED) is 0.719. The van der Waals surface area contributed by atoms with E-state index in [4.69, 9.17) is 5.26 Å². The van der Waals surface area contributed by atoms with Crippen LogP contribution >= 0.6 is 0 Å². The normalized spacial score (nSPS) is 13.7. The monoisotopic (exact) mass is 221 g/mol. The van der Waals surface area contributed by atoms with Gasteiger partial charge in [-0.25, -0.2) is 9.18 Å². The molecule has 0 saturated carbocycles. The van der Waals surface area contributed by atoms with Gasteiger partial charge in [0.1, 0.15) is 0 Å². The standard InChI is InChI=1S/C12H12FNO2/c1-8-9(7-14)5-4-6-10(8)12(2,13)11(15)16-3/h4-6H,1-3H3. The van der Waals surface area contributed by atoms with Crippen molar-refractivity contribution in [2.75, 3.05) is 7.11 Å². The van der Waals surface area contributed by atoms with Gasteiger partial charge in [-0.3, -0.25) is 0 Å². The van der Waals surface area contributed by atoms with E-state index in [-0.39, 0.29) is 5.56 Å². The fourth-order valence-corrected chi connectivity index (χ4v) is 1.57. The SMILES string of the molecule is COC(=O)C(C)(F)c1cccc(C#N)c1C. The van der Waals surface area contributed by atoms with E-state index in [2.05, 4.69) is 4.74 Å². The molecule has 84 valence electrons.